The van der Waals surface area contributed by atoms with Crippen molar-refractivity contribution in [2.24, 2.45) is 0 Å². The number of ketones is 1. The Morgan fingerprint density at radius 3 is 2.38 bits per heavy atom. The van der Waals surface area contributed by atoms with E-state index in [1.54, 1.807) is 12.1 Å². The molecule has 29 heavy (non-hydrogen) atoms. The van der Waals surface area contributed by atoms with Crippen molar-refractivity contribution in [2.45, 2.75) is 6.61 Å². The van der Waals surface area contributed by atoms with E-state index in [0.717, 1.165) is 11.1 Å². The summed E-state index contributed by atoms with van der Waals surface area (Å²) in [5.41, 5.74) is 1.88. The van der Waals surface area contributed by atoms with Gasteiger partial charge in [0.1, 0.15) is 35.2 Å². The lowest BCUT2D eigenvalue weighted by Crippen LogP contribution is -2.01. The number of hydrogen-bond acceptors (Lipinski definition) is 5. The van der Waals surface area contributed by atoms with Crippen molar-refractivity contribution in [1.29, 1.82) is 0 Å². The second-order valence-electron chi connectivity index (χ2n) is 6.23. The maximum Gasteiger partial charge on any atom is 0.193 e. The molecule has 0 saturated heterocycles. The van der Waals surface area contributed by atoms with Crippen molar-refractivity contribution in [3.63, 3.8) is 0 Å². The maximum absolute atomic E-state index is 12.7. The van der Waals surface area contributed by atoms with Crippen LogP contribution in [0.4, 0.5) is 0 Å². The second kappa shape index (κ2) is 9.46. The van der Waals surface area contributed by atoms with Crippen molar-refractivity contribution in [3.05, 3.63) is 89.5 Å². The molecule has 3 aromatic rings. The Morgan fingerprint density at radius 2 is 1.66 bits per heavy atom. The van der Waals surface area contributed by atoms with Crippen LogP contribution in [-0.2, 0) is 6.61 Å². The zero-order chi connectivity index (χ0) is 20.6. The summed E-state index contributed by atoms with van der Waals surface area (Å²) in [5.74, 6) is 0.709. The minimum atomic E-state index is -0.389. The Bertz CT molecular complexity index is 1010. The van der Waals surface area contributed by atoms with Crippen LogP contribution in [0.3, 0.4) is 0 Å². The molecule has 3 aromatic carbocycles. The summed E-state index contributed by atoms with van der Waals surface area (Å²) < 4.78 is 16.2. The first-order chi connectivity index (χ1) is 14.1. The molecule has 5 nitrogen and oxygen atoms in total. The predicted octanol–water partition coefficient (Wildman–Crippen LogP) is 4.88. The van der Waals surface area contributed by atoms with Crippen LogP contribution >= 0.6 is 0 Å². The molecule has 1 N–H and O–H groups in total. The van der Waals surface area contributed by atoms with Gasteiger partial charge in [-0.3, -0.25) is 4.79 Å². The number of para-hydroxylation sites is 1. The Labute approximate surface area is 169 Å². The zero-order valence-corrected chi connectivity index (χ0v) is 16.3. The van der Waals surface area contributed by atoms with Gasteiger partial charge in [0.05, 0.1) is 14.2 Å². The largest absolute Gasteiger partial charge is 0.507 e. The van der Waals surface area contributed by atoms with Crippen LogP contribution in [0.25, 0.3) is 6.08 Å². The van der Waals surface area contributed by atoms with E-state index in [1.165, 1.54) is 26.4 Å². The van der Waals surface area contributed by atoms with Gasteiger partial charge in [0.15, 0.2) is 5.78 Å². The van der Waals surface area contributed by atoms with E-state index >= 15 is 0 Å². The molecule has 0 atom stereocenters. The third kappa shape index (κ3) is 4.96. The molecule has 0 aliphatic rings. The Morgan fingerprint density at radius 1 is 0.931 bits per heavy atom. The van der Waals surface area contributed by atoms with Crippen molar-refractivity contribution >= 4 is 11.9 Å². The molecule has 0 aliphatic heterocycles. The van der Waals surface area contributed by atoms with E-state index in [-0.39, 0.29) is 22.8 Å². The average molecular weight is 390 g/mol. The van der Waals surface area contributed by atoms with Crippen LogP contribution in [0.5, 0.6) is 23.0 Å². The monoisotopic (exact) mass is 390 g/mol. The third-order valence-corrected chi connectivity index (χ3v) is 4.33. The number of phenolic OH excluding ortho intramolecular Hbond substituents is 1. The molecule has 148 valence electrons. The topological polar surface area (TPSA) is 65.0 Å². The van der Waals surface area contributed by atoms with Crippen LogP contribution in [-0.4, -0.2) is 25.1 Å². The first-order valence-electron chi connectivity index (χ1n) is 9.05. The van der Waals surface area contributed by atoms with Gasteiger partial charge in [-0.05, 0) is 23.8 Å². The lowest BCUT2D eigenvalue weighted by atomic mass is 10.1. The number of allylic oxidation sites excluding steroid dienone is 1. The van der Waals surface area contributed by atoms with Crippen molar-refractivity contribution in [2.75, 3.05) is 14.2 Å². The van der Waals surface area contributed by atoms with Crippen LogP contribution in [0.2, 0.25) is 0 Å². The Balaban J connectivity index is 1.81. The highest BCUT2D eigenvalue weighted by molar-refractivity contribution is 6.10. The summed E-state index contributed by atoms with van der Waals surface area (Å²) in [6, 6.07) is 20.2. The molecule has 0 aromatic heterocycles. The van der Waals surface area contributed by atoms with Gasteiger partial charge in [0, 0.05) is 17.7 Å². The molecule has 0 bridgehead atoms. The van der Waals surface area contributed by atoms with Gasteiger partial charge in [0.25, 0.3) is 0 Å². The number of ether oxygens (including phenoxy) is 3. The fourth-order valence-electron chi connectivity index (χ4n) is 2.84. The number of carbonyl (C=O) groups excluding carboxylic acids is 1. The fraction of sp³-hybridized carbons (Fsp3) is 0.125. The summed E-state index contributed by atoms with van der Waals surface area (Å²) in [6.07, 6.45) is 3.04. The molecular formula is C24H22O5. The summed E-state index contributed by atoms with van der Waals surface area (Å²) in [5, 5.41) is 10.2. The van der Waals surface area contributed by atoms with Crippen LogP contribution in [0.1, 0.15) is 21.5 Å². The molecule has 0 fully saturated rings. The van der Waals surface area contributed by atoms with Gasteiger partial charge < -0.3 is 19.3 Å². The first kappa shape index (κ1) is 20.0. The van der Waals surface area contributed by atoms with E-state index in [0.29, 0.717) is 18.1 Å². The van der Waals surface area contributed by atoms with Gasteiger partial charge in [-0.25, -0.2) is 0 Å². The molecule has 3 rings (SSSR count). The summed E-state index contributed by atoms with van der Waals surface area (Å²) in [7, 11) is 2.91. The fourth-order valence-corrected chi connectivity index (χ4v) is 2.84. The summed E-state index contributed by atoms with van der Waals surface area (Å²) >= 11 is 0. The summed E-state index contributed by atoms with van der Waals surface area (Å²) in [6.45, 7) is 0.423. The molecule has 0 unspecified atom stereocenters. The molecule has 0 heterocycles. The van der Waals surface area contributed by atoms with Gasteiger partial charge in [0.2, 0.25) is 0 Å². The molecule has 0 saturated carbocycles. The van der Waals surface area contributed by atoms with E-state index < -0.39 is 0 Å². The quantitative estimate of drug-likeness (QED) is 0.438. The lowest BCUT2D eigenvalue weighted by molar-refractivity contribution is 0.104. The molecule has 0 spiro atoms. The van der Waals surface area contributed by atoms with Gasteiger partial charge in [-0.15, -0.1) is 0 Å². The number of methoxy groups -OCH3 is 2. The van der Waals surface area contributed by atoms with E-state index in [2.05, 4.69) is 0 Å². The highest BCUT2D eigenvalue weighted by atomic mass is 16.5. The molecule has 0 amide bonds. The number of phenols is 1. The maximum atomic E-state index is 12.7. The summed E-state index contributed by atoms with van der Waals surface area (Å²) in [4.78, 5) is 12.7. The smallest absolute Gasteiger partial charge is 0.193 e. The zero-order valence-electron chi connectivity index (χ0n) is 16.3. The van der Waals surface area contributed by atoms with Crippen LogP contribution < -0.4 is 14.2 Å². The molecule has 5 heteroatoms. The number of benzene rings is 3. The van der Waals surface area contributed by atoms with Crippen molar-refractivity contribution in [1.82, 2.24) is 0 Å². The predicted molar refractivity (Wildman–Crippen MR) is 112 cm³/mol. The number of aromatic hydroxyl groups is 1. The van der Waals surface area contributed by atoms with Gasteiger partial charge >= 0.3 is 0 Å². The van der Waals surface area contributed by atoms with Gasteiger partial charge in [-0.2, -0.15) is 0 Å². The highest BCUT2D eigenvalue weighted by Crippen LogP contribution is 2.34. The van der Waals surface area contributed by atoms with Crippen molar-refractivity contribution < 1.29 is 24.1 Å². The van der Waals surface area contributed by atoms with E-state index in [4.69, 9.17) is 14.2 Å². The third-order valence-electron chi connectivity index (χ3n) is 4.33. The van der Waals surface area contributed by atoms with Gasteiger partial charge in [-0.1, -0.05) is 48.5 Å². The Hall–Kier alpha value is -3.73. The Kier molecular flexibility index (Phi) is 6.53. The first-order valence-corrected chi connectivity index (χ1v) is 9.05. The molecular weight excluding hydrogens is 368 g/mol. The highest BCUT2D eigenvalue weighted by Gasteiger charge is 2.17. The number of rotatable bonds is 8. The minimum absolute atomic E-state index is 0.0761. The standard InChI is InChI=1S/C24H22O5/c1-27-19-14-21(26)24(23(15-19)28-2)20(25)13-12-18-10-6-7-11-22(18)29-16-17-8-4-3-5-9-17/h3-15,26H,16H2,1-2H3/b13-12+. The van der Waals surface area contributed by atoms with E-state index in [1.807, 2.05) is 54.6 Å². The van der Waals surface area contributed by atoms with Crippen LogP contribution in [0.15, 0.2) is 72.8 Å². The molecule has 0 radical (unpaired) electrons. The SMILES string of the molecule is COc1cc(O)c(C(=O)/C=C/c2ccccc2OCc2ccccc2)c(OC)c1. The van der Waals surface area contributed by atoms with Crippen LogP contribution in [0, 0.1) is 0 Å². The second-order valence-corrected chi connectivity index (χ2v) is 6.23. The number of carbonyl (C=O) groups is 1. The lowest BCUT2D eigenvalue weighted by Gasteiger charge is -2.11. The normalized spacial score (nSPS) is 10.7. The molecule has 0 aliphatic carbocycles. The number of hydrogen-bond donors (Lipinski definition) is 1. The van der Waals surface area contributed by atoms with Crippen molar-refractivity contribution in [3.8, 4) is 23.0 Å². The average Bonchev–Trinajstić information content (AvgIpc) is 2.76. The van der Waals surface area contributed by atoms with E-state index in [9.17, 15) is 9.90 Å². The minimum Gasteiger partial charge on any atom is -0.507 e.